The van der Waals surface area contributed by atoms with Crippen LogP contribution in [0.4, 0.5) is 0 Å². The lowest BCUT2D eigenvalue weighted by Gasteiger charge is -2.31. The Morgan fingerprint density at radius 1 is 1.22 bits per heavy atom. The van der Waals surface area contributed by atoms with Gasteiger partial charge in [-0.3, -0.25) is 19.8 Å². The number of aromatic amines is 2. The second kappa shape index (κ2) is 7.17. The molecule has 1 atom stereocenters. The highest BCUT2D eigenvalue weighted by Crippen LogP contribution is 2.30. The van der Waals surface area contributed by atoms with Gasteiger partial charge in [0.2, 0.25) is 0 Å². The molecule has 0 saturated carbocycles. The van der Waals surface area contributed by atoms with E-state index in [0.29, 0.717) is 30.4 Å². The lowest BCUT2D eigenvalue weighted by atomic mass is 9.87. The normalized spacial score (nSPS) is 20.5. The summed E-state index contributed by atoms with van der Waals surface area (Å²) in [5.74, 6) is -0.0103. The van der Waals surface area contributed by atoms with Crippen molar-refractivity contribution in [2.24, 2.45) is 5.92 Å². The fourth-order valence-electron chi connectivity index (χ4n) is 4.22. The van der Waals surface area contributed by atoms with Gasteiger partial charge in [0.25, 0.3) is 5.91 Å². The molecule has 1 aliphatic heterocycles. The molecule has 0 aromatic carbocycles. The zero-order valence-corrected chi connectivity index (χ0v) is 15.5. The predicted octanol–water partition coefficient (Wildman–Crippen LogP) is 1.90. The minimum Gasteiger partial charge on any atom is -0.481 e. The maximum absolute atomic E-state index is 13.0. The zero-order valence-electron chi connectivity index (χ0n) is 15.5. The largest absolute Gasteiger partial charge is 0.481 e. The molecular formula is C19H25N5O3. The SMILES string of the molecule is C[C@H]1CCc2[nH]nc(C(=O)N3CCC(c4cc(CC(=O)O)[nH]n4)CC3)c2C1. The first-order valence-corrected chi connectivity index (χ1v) is 9.62. The number of carbonyl (C=O) groups is 2. The number of nitrogens with zero attached hydrogens (tertiary/aromatic N) is 3. The number of carboxylic acids is 1. The van der Waals surface area contributed by atoms with Crippen LogP contribution < -0.4 is 0 Å². The fraction of sp³-hybridized carbons (Fsp3) is 0.579. The summed E-state index contributed by atoms with van der Waals surface area (Å²) in [6.45, 7) is 3.56. The van der Waals surface area contributed by atoms with Crippen LogP contribution in [0.25, 0.3) is 0 Å². The average Bonchev–Trinajstić information content (AvgIpc) is 3.27. The molecule has 0 unspecified atom stereocenters. The number of aliphatic carboxylic acids is 1. The van der Waals surface area contributed by atoms with Crippen molar-refractivity contribution in [3.63, 3.8) is 0 Å². The van der Waals surface area contributed by atoms with Crippen molar-refractivity contribution in [2.75, 3.05) is 13.1 Å². The molecule has 8 nitrogen and oxygen atoms in total. The Balaban J connectivity index is 1.39. The summed E-state index contributed by atoms with van der Waals surface area (Å²) >= 11 is 0. The first-order chi connectivity index (χ1) is 13.0. The van der Waals surface area contributed by atoms with E-state index in [1.54, 1.807) is 0 Å². The number of amides is 1. The highest BCUT2D eigenvalue weighted by molar-refractivity contribution is 5.94. The van der Waals surface area contributed by atoms with Crippen LogP contribution in [0.5, 0.6) is 0 Å². The van der Waals surface area contributed by atoms with E-state index in [9.17, 15) is 9.59 Å². The first kappa shape index (κ1) is 17.8. The molecule has 2 aliphatic rings. The topological polar surface area (TPSA) is 115 Å². The van der Waals surface area contributed by atoms with Crippen molar-refractivity contribution < 1.29 is 14.7 Å². The molecule has 1 fully saturated rings. The summed E-state index contributed by atoms with van der Waals surface area (Å²) in [6, 6.07) is 1.84. The van der Waals surface area contributed by atoms with Crippen LogP contribution in [0, 0.1) is 5.92 Å². The molecule has 8 heteroatoms. The van der Waals surface area contributed by atoms with Crippen molar-refractivity contribution >= 4 is 11.9 Å². The van der Waals surface area contributed by atoms with Gasteiger partial charge in [-0.05, 0) is 44.1 Å². The molecular weight excluding hydrogens is 346 g/mol. The quantitative estimate of drug-likeness (QED) is 0.759. The summed E-state index contributed by atoms with van der Waals surface area (Å²) < 4.78 is 0. The number of rotatable bonds is 4. The molecule has 0 spiro atoms. The molecule has 1 saturated heterocycles. The minimum absolute atomic E-state index is 0.0219. The van der Waals surface area contributed by atoms with Gasteiger partial charge in [-0.1, -0.05) is 6.92 Å². The standard InChI is InChI=1S/C19H25N5O3/c1-11-2-3-15-14(8-11)18(23-21-15)19(27)24-6-4-12(5-7-24)16-9-13(20-22-16)10-17(25)26/h9,11-12H,2-8,10H2,1H3,(H,20,22)(H,21,23)(H,25,26)/t11-/m0/s1. The number of hydrogen-bond donors (Lipinski definition) is 3. The fourth-order valence-corrected chi connectivity index (χ4v) is 4.22. The van der Waals surface area contributed by atoms with Gasteiger partial charge >= 0.3 is 5.97 Å². The Kier molecular flexibility index (Phi) is 4.72. The second-order valence-corrected chi connectivity index (χ2v) is 7.83. The molecule has 4 rings (SSSR count). The van der Waals surface area contributed by atoms with Gasteiger partial charge in [-0.2, -0.15) is 10.2 Å². The van der Waals surface area contributed by atoms with Crippen molar-refractivity contribution in [2.45, 2.75) is 51.4 Å². The Hall–Kier alpha value is -2.64. The van der Waals surface area contributed by atoms with Crippen LogP contribution in [0.15, 0.2) is 6.07 Å². The summed E-state index contributed by atoms with van der Waals surface area (Å²) in [7, 11) is 0. The number of aromatic nitrogens is 4. The van der Waals surface area contributed by atoms with E-state index in [0.717, 1.165) is 49.1 Å². The van der Waals surface area contributed by atoms with E-state index in [-0.39, 0.29) is 18.2 Å². The van der Waals surface area contributed by atoms with Crippen LogP contribution in [0.3, 0.4) is 0 Å². The van der Waals surface area contributed by atoms with Crippen molar-refractivity contribution in [3.8, 4) is 0 Å². The number of H-pyrrole nitrogens is 2. The highest BCUT2D eigenvalue weighted by atomic mass is 16.4. The number of hydrogen-bond acceptors (Lipinski definition) is 4. The van der Waals surface area contributed by atoms with Gasteiger partial charge < -0.3 is 10.0 Å². The monoisotopic (exact) mass is 371 g/mol. The molecule has 2 aromatic heterocycles. The maximum Gasteiger partial charge on any atom is 0.309 e. The first-order valence-electron chi connectivity index (χ1n) is 9.62. The van der Waals surface area contributed by atoms with E-state index < -0.39 is 5.97 Å². The molecule has 3 N–H and O–H groups in total. The smallest absolute Gasteiger partial charge is 0.309 e. The van der Waals surface area contributed by atoms with Gasteiger partial charge in [0.05, 0.1) is 12.1 Å². The number of piperidine rings is 1. The highest BCUT2D eigenvalue weighted by Gasteiger charge is 2.31. The van der Waals surface area contributed by atoms with Crippen molar-refractivity contribution in [1.82, 2.24) is 25.3 Å². The molecule has 1 amide bonds. The lowest BCUT2D eigenvalue weighted by Crippen LogP contribution is -2.38. The van der Waals surface area contributed by atoms with Crippen LogP contribution in [-0.2, 0) is 24.1 Å². The number of aryl methyl sites for hydroxylation is 1. The molecule has 1 aliphatic carbocycles. The predicted molar refractivity (Wildman–Crippen MR) is 97.6 cm³/mol. The molecule has 0 bridgehead atoms. The van der Waals surface area contributed by atoms with Crippen LogP contribution in [0.1, 0.15) is 65.2 Å². The van der Waals surface area contributed by atoms with E-state index in [2.05, 4.69) is 27.3 Å². The average molecular weight is 371 g/mol. The van der Waals surface area contributed by atoms with E-state index in [1.165, 1.54) is 0 Å². The van der Waals surface area contributed by atoms with Crippen LogP contribution in [0.2, 0.25) is 0 Å². The summed E-state index contributed by atoms with van der Waals surface area (Å²) in [4.78, 5) is 25.7. The number of fused-ring (bicyclic) bond motifs is 1. The van der Waals surface area contributed by atoms with Crippen LogP contribution >= 0.6 is 0 Å². The molecule has 0 radical (unpaired) electrons. The summed E-state index contributed by atoms with van der Waals surface area (Å²) in [5, 5.41) is 23.3. The molecule has 2 aromatic rings. The second-order valence-electron chi connectivity index (χ2n) is 7.83. The van der Waals surface area contributed by atoms with E-state index in [4.69, 9.17) is 5.11 Å². The maximum atomic E-state index is 13.0. The van der Waals surface area contributed by atoms with Gasteiger partial charge in [-0.25, -0.2) is 0 Å². The Labute approximate surface area is 157 Å². The Morgan fingerprint density at radius 2 is 2.00 bits per heavy atom. The van der Waals surface area contributed by atoms with Crippen molar-refractivity contribution in [1.29, 1.82) is 0 Å². The van der Waals surface area contributed by atoms with Gasteiger partial charge in [0.15, 0.2) is 5.69 Å². The summed E-state index contributed by atoms with van der Waals surface area (Å²) in [5.41, 5.74) is 4.33. The van der Waals surface area contributed by atoms with Gasteiger partial charge in [-0.15, -0.1) is 0 Å². The zero-order chi connectivity index (χ0) is 19.0. The van der Waals surface area contributed by atoms with Gasteiger partial charge in [0, 0.05) is 36.0 Å². The third-order valence-corrected chi connectivity index (χ3v) is 5.79. The number of carboxylic acid groups (broad SMARTS) is 1. The Bertz CT molecular complexity index is 847. The molecule has 27 heavy (non-hydrogen) atoms. The van der Waals surface area contributed by atoms with E-state index >= 15 is 0 Å². The van der Waals surface area contributed by atoms with Crippen molar-refractivity contribution in [3.05, 3.63) is 34.4 Å². The number of likely N-dealkylation sites (tertiary alicyclic amines) is 1. The lowest BCUT2D eigenvalue weighted by molar-refractivity contribution is -0.136. The summed E-state index contributed by atoms with van der Waals surface area (Å²) in [6.07, 6.45) is 4.63. The van der Waals surface area contributed by atoms with Crippen LogP contribution in [-0.4, -0.2) is 55.4 Å². The third-order valence-electron chi connectivity index (χ3n) is 5.79. The number of nitrogens with one attached hydrogen (secondary N) is 2. The van der Waals surface area contributed by atoms with Gasteiger partial charge in [0.1, 0.15) is 0 Å². The molecule has 144 valence electrons. The Morgan fingerprint density at radius 3 is 2.74 bits per heavy atom. The number of carbonyl (C=O) groups excluding carboxylic acids is 1. The van der Waals surface area contributed by atoms with E-state index in [1.807, 2.05) is 11.0 Å². The minimum atomic E-state index is -0.873. The molecule has 3 heterocycles. The third kappa shape index (κ3) is 3.61.